The van der Waals surface area contributed by atoms with E-state index in [9.17, 15) is 8.42 Å². The summed E-state index contributed by atoms with van der Waals surface area (Å²) in [5, 5.41) is 0.763. The van der Waals surface area contributed by atoms with Gasteiger partial charge in [-0.05, 0) is 55.0 Å². The first-order chi connectivity index (χ1) is 13.4. The van der Waals surface area contributed by atoms with Gasteiger partial charge in [-0.3, -0.25) is 0 Å². The molecule has 0 unspecified atom stereocenters. The van der Waals surface area contributed by atoms with Gasteiger partial charge in [0.15, 0.2) is 0 Å². The Hall–Kier alpha value is -1.56. The molecule has 1 aliphatic heterocycles. The van der Waals surface area contributed by atoms with E-state index in [0.717, 1.165) is 37.4 Å². The van der Waals surface area contributed by atoms with Crippen molar-refractivity contribution in [2.45, 2.75) is 31.1 Å². The van der Waals surface area contributed by atoms with Crippen molar-refractivity contribution in [3.05, 3.63) is 59.6 Å². The Bertz CT molecular complexity index is 865. The average molecular weight is 421 g/mol. The molecule has 28 heavy (non-hydrogen) atoms. The van der Waals surface area contributed by atoms with E-state index in [1.165, 1.54) is 9.99 Å². The monoisotopic (exact) mass is 420 g/mol. The quantitative estimate of drug-likeness (QED) is 0.639. The van der Waals surface area contributed by atoms with Crippen LogP contribution < -0.4 is 4.90 Å². The number of hydrogen-bond acceptors (Lipinski definition) is 3. The predicted octanol–water partition coefficient (Wildman–Crippen LogP) is 4.90. The first-order valence-electron chi connectivity index (χ1n) is 9.93. The maximum atomic E-state index is 12.8. The summed E-state index contributed by atoms with van der Waals surface area (Å²) in [5.74, 6) is 0.902. The molecule has 1 heterocycles. The molecule has 1 saturated heterocycles. The van der Waals surface area contributed by atoms with Crippen molar-refractivity contribution in [2.75, 3.05) is 31.6 Å². The van der Waals surface area contributed by atoms with Crippen molar-refractivity contribution >= 4 is 27.3 Å². The molecule has 0 N–H and O–H groups in total. The molecular formula is C22H29ClN2O2S. The van der Waals surface area contributed by atoms with E-state index in [-0.39, 0.29) is 0 Å². The zero-order valence-corrected chi connectivity index (χ0v) is 18.2. The van der Waals surface area contributed by atoms with Gasteiger partial charge in [0.25, 0.3) is 0 Å². The highest BCUT2D eigenvalue weighted by molar-refractivity contribution is 7.89. The van der Waals surface area contributed by atoms with Crippen molar-refractivity contribution in [1.29, 1.82) is 0 Å². The molecule has 0 bridgehead atoms. The Morgan fingerprint density at radius 1 is 1.11 bits per heavy atom. The van der Waals surface area contributed by atoms with Crippen LogP contribution in [-0.2, 0) is 10.0 Å². The second kappa shape index (κ2) is 9.29. The lowest BCUT2D eigenvalue weighted by Gasteiger charge is -2.38. The number of nitrogens with zero attached hydrogens (tertiary/aromatic N) is 2. The van der Waals surface area contributed by atoms with Crippen LogP contribution in [0.3, 0.4) is 0 Å². The number of benzene rings is 2. The second-order valence-electron chi connectivity index (χ2n) is 7.57. The Balaban J connectivity index is 1.61. The van der Waals surface area contributed by atoms with Crippen LogP contribution in [0.2, 0.25) is 5.02 Å². The molecule has 0 saturated carbocycles. The standard InChI is InChI=1S/C22H29ClN2O2S/c1-3-18(17-24(2)28(26,27)22-10-5-4-6-11-22)19-12-14-25(15-13-19)21-9-7-8-20(23)16-21/h4-11,16,18-19H,3,12-15,17H2,1-2H3/t18-/m1/s1. The van der Waals surface area contributed by atoms with Crippen molar-refractivity contribution < 1.29 is 8.42 Å². The van der Waals surface area contributed by atoms with E-state index >= 15 is 0 Å². The predicted molar refractivity (Wildman–Crippen MR) is 116 cm³/mol. The van der Waals surface area contributed by atoms with Crippen LogP contribution in [0.5, 0.6) is 0 Å². The molecular weight excluding hydrogens is 392 g/mol. The molecule has 1 atom stereocenters. The lowest BCUT2D eigenvalue weighted by Crippen LogP contribution is -2.40. The Morgan fingerprint density at radius 2 is 1.79 bits per heavy atom. The molecule has 0 aromatic heterocycles. The van der Waals surface area contributed by atoms with E-state index in [0.29, 0.717) is 23.3 Å². The SMILES string of the molecule is CC[C@H](CN(C)S(=O)(=O)c1ccccc1)C1CCN(c2cccc(Cl)c2)CC1. The largest absolute Gasteiger partial charge is 0.371 e. The number of rotatable bonds is 7. The van der Waals surface area contributed by atoms with Gasteiger partial charge >= 0.3 is 0 Å². The molecule has 152 valence electrons. The normalized spacial score (nSPS) is 17.1. The van der Waals surface area contributed by atoms with E-state index < -0.39 is 10.0 Å². The molecule has 4 nitrogen and oxygen atoms in total. The number of piperidine rings is 1. The van der Waals surface area contributed by atoms with Gasteiger partial charge in [0.1, 0.15) is 0 Å². The third-order valence-electron chi connectivity index (χ3n) is 5.85. The Labute approximate surface area is 174 Å². The number of sulfonamides is 1. The maximum absolute atomic E-state index is 12.8. The van der Waals surface area contributed by atoms with Crippen LogP contribution in [0.15, 0.2) is 59.5 Å². The number of halogens is 1. The van der Waals surface area contributed by atoms with Crippen LogP contribution in [0, 0.1) is 11.8 Å². The minimum atomic E-state index is -3.43. The van der Waals surface area contributed by atoms with Crippen LogP contribution in [0.1, 0.15) is 26.2 Å². The van der Waals surface area contributed by atoms with Gasteiger partial charge in [-0.25, -0.2) is 12.7 Å². The van der Waals surface area contributed by atoms with Gasteiger partial charge in [0.2, 0.25) is 10.0 Å². The number of anilines is 1. The first kappa shape index (κ1) is 21.2. The number of hydrogen-bond donors (Lipinski definition) is 0. The van der Waals surface area contributed by atoms with E-state index in [4.69, 9.17) is 11.6 Å². The summed E-state index contributed by atoms with van der Waals surface area (Å²) < 4.78 is 27.2. The lowest BCUT2D eigenvalue weighted by molar-refractivity contribution is 0.233. The molecule has 0 spiro atoms. The Morgan fingerprint density at radius 3 is 2.39 bits per heavy atom. The molecule has 0 aliphatic carbocycles. The molecule has 6 heteroatoms. The third-order valence-corrected chi connectivity index (χ3v) is 7.92. The molecule has 3 rings (SSSR count). The summed E-state index contributed by atoms with van der Waals surface area (Å²) in [6.45, 7) is 4.69. The van der Waals surface area contributed by atoms with Crippen molar-refractivity contribution in [2.24, 2.45) is 11.8 Å². The fraction of sp³-hybridized carbons (Fsp3) is 0.455. The molecule has 2 aromatic rings. The second-order valence-corrected chi connectivity index (χ2v) is 10.1. The van der Waals surface area contributed by atoms with Gasteiger partial charge in [0, 0.05) is 37.4 Å². The van der Waals surface area contributed by atoms with Crippen molar-refractivity contribution in [3.8, 4) is 0 Å². The van der Waals surface area contributed by atoms with Crippen molar-refractivity contribution in [1.82, 2.24) is 4.31 Å². The summed E-state index contributed by atoms with van der Waals surface area (Å²) in [4.78, 5) is 2.74. The smallest absolute Gasteiger partial charge is 0.242 e. The van der Waals surface area contributed by atoms with E-state index in [1.54, 1.807) is 31.3 Å². The van der Waals surface area contributed by atoms with Gasteiger partial charge in [-0.15, -0.1) is 0 Å². The van der Waals surface area contributed by atoms with Crippen LogP contribution >= 0.6 is 11.6 Å². The van der Waals surface area contributed by atoms with E-state index in [2.05, 4.69) is 17.9 Å². The van der Waals surface area contributed by atoms with Gasteiger partial charge in [0.05, 0.1) is 4.90 Å². The lowest BCUT2D eigenvalue weighted by atomic mass is 9.82. The third kappa shape index (κ3) is 4.88. The average Bonchev–Trinajstić information content (AvgIpc) is 2.72. The van der Waals surface area contributed by atoms with Gasteiger partial charge in [-0.2, -0.15) is 0 Å². The Kier molecular flexibility index (Phi) is 7.02. The summed E-state index contributed by atoms with van der Waals surface area (Å²) in [6, 6.07) is 16.7. The summed E-state index contributed by atoms with van der Waals surface area (Å²) in [5.41, 5.74) is 1.17. The van der Waals surface area contributed by atoms with Crippen LogP contribution in [0.4, 0.5) is 5.69 Å². The topological polar surface area (TPSA) is 40.6 Å². The minimum Gasteiger partial charge on any atom is -0.371 e. The summed E-state index contributed by atoms with van der Waals surface area (Å²) in [7, 11) is -1.73. The molecule has 0 radical (unpaired) electrons. The molecule has 0 amide bonds. The fourth-order valence-electron chi connectivity index (χ4n) is 4.11. The van der Waals surface area contributed by atoms with E-state index in [1.807, 2.05) is 24.3 Å². The highest BCUT2D eigenvalue weighted by Crippen LogP contribution is 2.32. The van der Waals surface area contributed by atoms with Gasteiger partial charge < -0.3 is 4.90 Å². The van der Waals surface area contributed by atoms with Crippen LogP contribution in [-0.4, -0.2) is 39.4 Å². The fourth-order valence-corrected chi connectivity index (χ4v) is 5.55. The summed E-state index contributed by atoms with van der Waals surface area (Å²) >= 11 is 6.13. The molecule has 2 aromatic carbocycles. The first-order valence-corrected chi connectivity index (χ1v) is 11.8. The summed E-state index contributed by atoms with van der Waals surface area (Å²) in [6.07, 6.45) is 3.13. The zero-order chi connectivity index (χ0) is 20.1. The zero-order valence-electron chi connectivity index (χ0n) is 16.6. The minimum absolute atomic E-state index is 0.364. The highest BCUT2D eigenvalue weighted by atomic mass is 35.5. The molecule has 1 aliphatic rings. The van der Waals surface area contributed by atoms with Gasteiger partial charge in [-0.1, -0.05) is 49.2 Å². The van der Waals surface area contributed by atoms with Crippen LogP contribution in [0.25, 0.3) is 0 Å². The van der Waals surface area contributed by atoms with Crippen molar-refractivity contribution in [3.63, 3.8) is 0 Å². The maximum Gasteiger partial charge on any atom is 0.242 e. The molecule has 1 fully saturated rings. The highest BCUT2D eigenvalue weighted by Gasteiger charge is 2.30.